The molecule has 0 radical (unpaired) electrons. The van der Waals surface area contributed by atoms with Crippen LogP contribution in [0.2, 0.25) is 0 Å². The SMILES string of the molecule is COc1cccc(CSc2nc(CC(=O)NC(C)CCc3ccccc3)cc(=O)[nH]2)c1. The maximum atomic E-state index is 12.4. The summed E-state index contributed by atoms with van der Waals surface area (Å²) in [6.07, 6.45) is 1.82. The molecule has 2 aromatic carbocycles. The number of thioether (sulfide) groups is 1. The molecule has 0 saturated carbocycles. The number of carbonyl (C=O) groups is 1. The normalized spacial score (nSPS) is 11.7. The van der Waals surface area contributed by atoms with Crippen LogP contribution in [0, 0.1) is 0 Å². The molecule has 0 aliphatic carbocycles. The number of H-pyrrole nitrogens is 1. The lowest BCUT2D eigenvalue weighted by molar-refractivity contribution is -0.121. The van der Waals surface area contributed by atoms with E-state index in [2.05, 4.69) is 27.4 Å². The van der Waals surface area contributed by atoms with E-state index in [9.17, 15) is 9.59 Å². The summed E-state index contributed by atoms with van der Waals surface area (Å²) in [5.41, 5.74) is 2.51. The molecule has 1 heterocycles. The highest BCUT2D eigenvalue weighted by Crippen LogP contribution is 2.21. The highest BCUT2D eigenvalue weighted by atomic mass is 32.2. The van der Waals surface area contributed by atoms with Gasteiger partial charge in [-0.3, -0.25) is 9.59 Å². The fraction of sp³-hybridized carbons (Fsp3) is 0.292. The standard InChI is InChI=1S/C24H27N3O3S/c1-17(11-12-18-7-4-3-5-8-18)25-22(28)14-20-15-23(29)27-24(26-20)31-16-19-9-6-10-21(13-19)30-2/h3-10,13,15,17H,11-12,14,16H2,1-2H3,(H,25,28)(H,26,27,29). The molecule has 0 bridgehead atoms. The van der Waals surface area contributed by atoms with Crippen LogP contribution in [0.15, 0.2) is 70.6 Å². The zero-order valence-electron chi connectivity index (χ0n) is 17.8. The van der Waals surface area contributed by atoms with Gasteiger partial charge in [-0.1, -0.05) is 54.2 Å². The minimum atomic E-state index is -0.261. The fourth-order valence-electron chi connectivity index (χ4n) is 3.15. The average Bonchev–Trinajstić information content (AvgIpc) is 2.76. The van der Waals surface area contributed by atoms with E-state index >= 15 is 0 Å². The van der Waals surface area contributed by atoms with Crippen LogP contribution in [-0.2, 0) is 23.4 Å². The van der Waals surface area contributed by atoms with Crippen molar-refractivity contribution in [1.82, 2.24) is 15.3 Å². The lowest BCUT2D eigenvalue weighted by atomic mass is 10.1. The summed E-state index contributed by atoms with van der Waals surface area (Å²) in [6, 6.07) is 19.3. The smallest absolute Gasteiger partial charge is 0.251 e. The van der Waals surface area contributed by atoms with E-state index in [1.807, 2.05) is 49.4 Å². The molecule has 1 atom stereocenters. The summed E-state index contributed by atoms with van der Waals surface area (Å²) in [6.45, 7) is 1.99. The molecule has 0 fully saturated rings. The Morgan fingerprint density at radius 2 is 1.90 bits per heavy atom. The number of aryl methyl sites for hydroxylation is 1. The largest absolute Gasteiger partial charge is 0.497 e. The lowest BCUT2D eigenvalue weighted by Gasteiger charge is -2.14. The summed E-state index contributed by atoms with van der Waals surface area (Å²) in [5, 5.41) is 3.49. The van der Waals surface area contributed by atoms with Gasteiger partial charge in [-0.2, -0.15) is 0 Å². The first-order valence-corrected chi connectivity index (χ1v) is 11.2. The molecule has 1 amide bonds. The number of ether oxygens (including phenoxy) is 1. The van der Waals surface area contributed by atoms with Crippen molar-refractivity contribution in [1.29, 1.82) is 0 Å². The maximum absolute atomic E-state index is 12.4. The quantitative estimate of drug-likeness (QED) is 0.373. The number of hydrogen-bond donors (Lipinski definition) is 2. The zero-order valence-corrected chi connectivity index (χ0v) is 18.6. The number of nitrogens with one attached hydrogen (secondary N) is 2. The van der Waals surface area contributed by atoms with E-state index in [4.69, 9.17) is 4.74 Å². The molecular weight excluding hydrogens is 410 g/mol. The molecule has 7 heteroatoms. The Morgan fingerprint density at radius 1 is 1.13 bits per heavy atom. The molecule has 3 rings (SSSR count). The molecule has 0 aliphatic heterocycles. The molecule has 0 aliphatic rings. The number of amides is 1. The molecule has 162 valence electrons. The molecule has 2 N–H and O–H groups in total. The maximum Gasteiger partial charge on any atom is 0.251 e. The third-order valence-electron chi connectivity index (χ3n) is 4.74. The highest BCUT2D eigenvalue weighted by Gasteiger charge is 2.11. The number of aromatic amines is 1. The highest BCUT2D eigenvalue weighted by molar-refractivity contribution is 7.98. The van der Waals surface area contributed by atoms with Crippen LogP contribution >= 0.6 is 11.8 Å². The Balaban J connectivity index is 1.53. The second-order valence-corrected chi connectivity index (χ2v) is 8.32. The predicted molar refractivity (Wildman–Crippen MR) is 123 cm³/mol. The van der Waals surface area contributed by atoms with Gasteiger partial charge in [0.25, 0.3) is 5.56 Å². The van der Waals surface area contributed by atoms with Gasteiger partial charge in [-0.15, -0.1) is 0 Å². The van der Waals surface area contributed by atoms with Crippen LogP contribution < -0.4 is 15.6 Å². The molecular formula is C24H27N3O3S. The first-order chi connectivity index (χ1) is 15.0. The molecule has 3 aromatic rings. The number of carbonyl (C=O) groups excluding carboxylic acids is 1. The van der Waals surface area contributed by atoms with Gasteiger partial charge in [-0.05, 0) is 43.0 Å². The minimum absolute atomic E-state index is 0.0385. The van der Waals surface area contributed by atoms with E-state index < -0.39 is 0 Å². The third-order valence-corrected chi connectivity index (χ3v) is 5.69. The zero-order chi connectivity index (χ0) is 22.1. The van der Waals surface area contributed by atoms with Crippen molar-refractivity contribution < 1.29 is 9.53 Å². The van der Waals surface area contributed by atoms with E-state index in [0.717, 1.165) is 24.2 Å². The monoisotopic (exact) mass is 437 g/mol. The molecule has 1 aromatic heterocycles. The number of rotatable bonds is 10. The van der Waals surface area contributed by atoms with Gasteiger partial charge < -0.3 is 15.0 Å². The minimum Gasteiger partial charge on any atom is -0.497 e. The van der Waals surface area contributed by atoms with Crippen LogP contribution in [0.25, 0.3) is 0 Å². The Morgan fingerprint density at radius 3 is 2.68 bits per heavy atom. The first kappa shape index (κ1) is 22.6. The summed E-state index contributed by atoms with van der Waals surface area (Å²) < 4.78 is 5.24. The van der Waals surface area contributed by atoms with Crippen molar-refractivity contribution in [2.75, 3.05) is 7.11 Å². The van der Waals surface area contributed by atoms with Crippen molar-refractivity contribution in [3.05, 3.63) is 87.8 Å². The fourth-order valence-corrected chi connectivity index (χ4v) is 3.98. The van der Waals surface area contributed by atoms with E-state index in [1.54, 1.807) is 7.11 Å². The van der Waals surface area contributed by atoms with Crippen molar-refractivity contribution in [3.8, 4) is 5.75 Å². The summed E-state index contributed by atoms with van der Waals surface area (Å²) in [4.78, 5) is 31.6. The van der Waals surface area contributed by atoms with Crippen LogP contribution in [0.4, 0.5) is 0 Å². The van der Waals surface area contributed by atoms with Crippen molar-refractivity contribution in [2.24, 2.45) is 0 Å². The topological polar surface area (TPSA) is 84.1 Å². The van der Waals surface area contributed by atoms with Crippen LogP contribution in [-0.4, -0.2) is 29.0 Å². The van der Waals surface area contributed by atoms with E-state index in [-0.39, 0.29) is 23.9 Å². The second kappa shape index (κ2) is 11.4. The van der Waals surface area contributed by atoms with Gasteiger partial charge in [0.1, 0.15) is 5.75 Å². The number of aromatic nitrogens is 2. The van der Waals surface area contributed by atoms with Crippen LogP contribution in [0.3, 0.4) is 0 Å². The van der Waals surface area contributed by atoms with Gasteiger partial charge in [0.2, 0.25) is 5.91 Å². The Bertz CT molecular complexity index is 1050. The predicted octanol–water partition coefficient (Wildman–Crippen LogP) is 3.75. The van der Waals surface area contributed by atoms with Gasteiger partial charge in [-0.25, -0.2) is 4.98 Å². The number of nitrogens with zero attached hydrogens (tertiary/aromatic N) is 1. The molecule has 6 nitrogen and oxygen atoms in total. The Kier molecular flexibility index (Phi) is 8.29. The second-order valence-electron chi connectivity index (χ2n) is 7.35. The first-order valence-electron chi connectivity index (χ1n) is 10.2. The molecule has 0 saturated heterocycles. The molecule has 31 heavy (non-hydrogen) atoms. The summed E-state index contributed by atoms with van der Waals surface area (Å²) in [5.74, 6) is 1.28. The number of benzene rings is 2. The number of hydrogen-bond acceptors (Lipinski definition) is 5. The van der Waals surface area contributed by atoms with Gasteiger partial charge >= 0.3 is 0 Å². The average molecular weight is 438 g/mol. The van der Waals surface area contributed by atoms with Crippen LogP contribution in [0.5, 0.6) is 5.75 Å². The van der Waals surface area contributed by atoms with Crippen LogP contribution in [0.1, 0.15) is 30.2 Å². The van der Waals surface area contributed by atoms with Crippen molar-refractivity contribution >= 4 is 17.7 Å². The van der Waals surface area contributed by atoms with E-state index in [1.165, 1.54) is 23.4 Å². The van der Waals surface area contributed by atoms with Crippen molar-refractivity contribution in [2.45, 2.75) is 43.1 Å². The van der Waals surface area contributed by atoms with E-state index in [0.29, 0.717) is 16.6 Å². The third kappa shape index (κ3) is 7.61. The molecule has 1 unspecified atom stereocenters. The lowest BCUT2D eigenvalue weighted by Crippen LogP contribution is -2.34. The summed E-state index contributed by atoms with van der Waals surface area (Å²) in [7, 11) is 1.63. The Labute approximate surface area is 186 Å². The summed E-state index contributed by atoms with van der Waals surface area (Å²) >= 11 is 1.41. The Hall–Kier alpha value is -3.06. The van der Waals surface area contributed by atoms with Gasteiger partial charge in [0, 0.05) is 17.9 Å². The van der Waals surface area contributed by atoms with Gasteiger partial charge in [0.15, 0.2) is 5.16 Å². The van der Waals surface area contributed by atoms with Crippen molar-refractivity contribution in [3.63, 3.8) is 0 Å². The molecule has 0 spiro atoms. The van der Waals surface area contributed by atoms with Gasteiger partial charge in [0.05, 0.1) is 19.2 Å². The number of methoxy groups -OCH3 is 1.